The summed E-state index contributed by atoms with van der Waals surface area (Å²) in [6.45, 7) is 3.35. The van der Waals surface area contributed by atoms with E-state index in [9.17, 15) is 9.18 Å². The molecular formula is C19H21FN2O. The summed E-state index contributed by atoms with van der Waals surface area (Å²) in [6, 6.07) is 12.2. The highest BCUT2D eigenvalue weighted by molar-refractivity contribution is 5.94. The lowest BCUT2D eigenvalue weighted by molar-refractivity contribution is 0.0668. The molecule has 1 saturated heterocycles. The molecule has 0 bridgehead atoms. The van der Waals surface area contributed by atoms with Crippen molar-refractivity contribution in [2.75, 3.05) is 13.1 Å². The average molecular weight is 312 g/mol. The van der Waals surface area contributed by atoms with Gasteiger partial charge in [0.15, 0.2) is 0 Å². The van der Waals surface area contributed by atoms with Gasteiger partial charge in [-0.25, -0.2) is 4.39 Å². The normalized spacial score (nSPS) is 18.0. The van der Waals surface area contributed by atoms with Gasteiger partial charge < -0.3 is 4.90 Å². The van der Waals surface area contributed by atoms with Crippen molar-refractivity contribution in [3.8, 4) is 0 Å². The van der Waals surface area contributed by atoms with E-state index in [2.05, 4.69) is 4.98 Å². The summed E-state index contributed by atoms with van der Waals surface area (Å²) in [6.07, 6.45) is 2.90. The summed E-state index contributed by atoms with van der Waals surface area (Å²) in [5, 5.41) is 0. The molecule has 3 nitrogen and oxygen atoms in total. The number of piperidine rings is 1. The number of hydrogen-bond acceptors (Lipinski definition) is 2. The van der Waals surface area contributed by atoms with Crippen molar-refractivity contribution in [3.63, 3.8) is 0 Å². The van der Waals surface area contributed by atoms with Gasteiger partial charge >= 0.3 is 0 Å². The fourth-order valence-corrected chi connectivity index (χ4v) is 3.23. The Hall–Kier alpha value is -2.23. The largest absolute Gasteiger partial charge is 0.338 e. The maximum Gasteiger partial charge on any atom is 0.256 e. The number of hydrogen-bond donors (Lipinski definition) is 0. The van der Waals surface area contributed by atoms with Crippen molar-refractivity contribution in [1.29, 1.82) is 0 Å². The minimum Gasteiger partial charge on any atom is -0.338 e. The number of carbonyl (C=O) groups is 1. The van der Waals surface area contributed by atoms with Gasteiger partial charge in [0.1, 0.15) is 5.82 Å². The van der Waals surface area contributed by atoms with Crippen LogP contribution in [0.25, 0.3) is 0 Å². The third-order valence-electron chi connectivity index (χ3n) is 4.35. The molecule has 0 saturated carbocycles. The van der Waals surface area contributed by atoms with E-state index in [1.807, 2.05) is 25.1 Å². The number of pyridine rings is 1. The van der Waals surface area contributed by atoms with Crippen LogP contribution < -0.4 is 0 Å². The quantitative estimate of drug-likeness (QED) is 0.867. The molecule has 1 aromatic heterocycles. The van der Waals surface area contributed by atoms with Crippen molar-refractivity contribution < 1.29 is 9.18 Å². The first-order chi connectivity index (χ1) is 11.1. The molecule has 0 spiro atoms. The van der Waals surface area contributed by atoms with Crippen molar-refractivity contribution in [1.82, 2.24) is 9.88 Å². The number of rotatable bonds is 3. The topological polar surface area (TPSA) is 33.2 Å². The molecule has 0 radical (unpaired) electrons. The SMILES string of the molecule is Cc1cccc(CC2CCCN(C(=O)c3ccccc3F)C2)n1. The van der Waals surface area contributed by atoms with E-state index in [1.54, 1.807) is 23.1 Å². The third-order valence-corrected chi connectivity index (χ3v) is 4.35. The van der Waals surface area contributed by atoms with Gasteiger partial charge in [-0.15, -0.1) is 0 Å². The molecule has 1 unspecified atom stereocenters. The Morgan fingerprint density at radius 1 is 1.26 bits per heavy atom. The van der Waals surface area contributed by atoms with Crippen LogP contribution in [0.2, 0.25) is 0 Å². The van der Waals surface area contributed by atoms with Gasteiger partial charge in [0.2, 0.25) is 0 Å². The Morgan fingerprint density at radius 3 is 2.87 bits per heavy atom. The Balaban J connectivity index is 1.68. The van der Waals surface area contributed by atoms with Gasteiger partial charge in [0.25, 0.3) is 5.91 Å². The number of nitrogens with zero attached hydrogens (tertiary/aromatic N) is 2. The van der Waals surface area contributed by atoms with Crippen molar-refractivity contribution in [3.05, 3.63) is 65.2 Å². The second kappa shape index (κ2) is 6.90. The summed E-state index contributed by atoms with van der Waals surface area (Å²) in [4.78, 5) is 18.9. The number of benzene rings is 1. The lowest BCUT2D eigenvalue weighted by Crippen LogP contribution is -2.40. The Labute approximate surface area is 136 Å². The predicted molar refractivity (Wildman–Crippen MR) is 87.7 cm³/mol. The summed E-state index contributed by atoms with van der Waals surface area (Å²) in [5.74, 6) is -0.265. The molecule has 1 aliphatic heterocycles. The smallest absolute Gasteiger partial charge is 0.256 e. The molecule has 2 aromatic rings. The van der Waals surface area contributed by atoms with Crippen LogP contribution in [-0.4, -0.2) is 28.9 Å². The molecule has 0 aliphatic carbocycles. The molecule has 23 heavy (non-hydrogen) atoms. The number of likely N-dealkylation sites (tertiary alicyclic amines) is 1. The Bertz CT molecular complexity index is 701. The second-order valence-electron chi connectivity index (χ2n) is 6.21. The predicted octanol–water partition coefficient (Wildman–Crippen LogP) is 3.62. The highest BCUT2D eigenvalue weighted by atomic mass is 19.1. The van der Waals surface area contributed by atoms with Crippen LogP contribution in [0.3, 0.4) is 0 Å². The van der Waals surface area contributed by atoms with Crippen LogP contribution in [0.15, 0.2) is 42.5 Å². The summed E-state index contributed by atoms with van der Waals surface area (Å²) in [7, 11) is 0. The monoisotopic (exact) mass is 312 g/mol. The molecular weight excluding hydrogens is 291 g/mol. The van der Waals surface area contributed by atoms with Gasteiger partial charge in [-0.1, -0.05) is 18.2 Å². The van der Waals surface area contributed by atoms with E-state index in [0.717, 1.165) is 30.7 Å². The Kier molecular flexibility index (Phi) is 4.70. The first-order valence-electron chi connectivity index (χ1n) is 8.10. The number of halogens is 1. The van der Waals surface area contributed by atoms with E-state index >= 15 is 0 Å². The fraction of sp³-hybridized carbons (Fsp3) is 0.368. The standard InChI is InChI=1S/C19H21FN2O/c1-14-6-4-8-16(21-14)12-15-7-5-11-22(13-15)19(23)17-9-2-3-10-18(17)20/h2-4,6,8-10,15H,5,7,11-13H2,1H3. The molecule has 1 amide bonds. The number of amides is 1. The molecule has 1 fully saturated rings. The van der Waals surface area contributed by atoms with Crippen LogP contribution >= 0.6 is 0 Å². The van der Waals surface area contributed by atoms with Crippen LogP contribution in [0.1, 0.15) is 34.6 Å². The maximum absolute atomic E-state index is 13.8. The lowest BCUT2D eigenvalue weighted by Gasteiger charge is -2.33. The summed E-state index contributed by atoms with van der Waals surface area (Å²) >= 11 is 0. The van der Waals surface area contributed by atoms with Gasteiger partial charge in [0, 0.05) is 24.5 Å². The van der Waals surface area contributed by atoms with Gasteiger partial charge in [-0.2, -0.15) is 0 Å². The zero-order chi connectivity index (χ0) is 16.2. The zero-order valence-electron chi connectivity index (χ0n) is 13.3. The molecule has 1 aliphatic rings. The number of aryl methyl sites for hydroxylation is 1. The highest BCUT2D eigenvalue weighted by Gasteiger charge is 2.26. The molecule has 0 N–H and O–H groups in total. The molecule has 1 atom stereocenters. The maximum atomic E-state index is 13.8. The molecule has 120 valence electrons. The summed E-state index contributed by atoms with van der Waals surface area (Å²) in [5.41, 5.74) is 2.25. The minimum atomic E-state index is -0.444. The second-order valence-corrected chi connectivity index (χ2v) is 6.21. The van der Waals surface area contributed by atoms with E-state index in [1.165, 1.54) is 6.07 Å². The van der Waals surface area contributed by atoms with Crippen LogP contribution in [0, 0.1) is 18.7 Å². The van der Waals surface area contributed by atoms with E-state index in [-0.39, 0.29) is 11.5 Å². The van der Waals surface area contributed by atoms with E-state index in [0.29, 0.717) is 19.0 Å². The molecule has 4 heteroatoms. The van der Waals surface area contributed by atoms with Crippen molar-refractivity contribution >= 4 is 5.91 Å². The van der Waals surface area contributed by atoms with Gasteiger partial charge in [0.05, 0.1) is 5.56 Å². The first-order valence-corrected chi connectivity index (χ1v) is 8.10. The number of aromatic nitrogens is 1. The number of carbonyl (C=O) groups excluding carboxylic acids is 1. The molecule has 1 aromatic carbocycles. The van der Waals surface area contributed by atoms with Gasteiger partial charge in [-0.3, -0.25) is 9.78 Å². The lowest BCUT2D eigenvalue weighted by atomic mass is 9.92. The van der Waals surface area contributed by atoms with Crippen molar-refractivity contribution in [2.24, 2.45) is 5.92 Å². The summed E-state index contributed by atoms with van der Waals surface area (Å²) < 4.78 is 13.8. The van der Waals surface area contributed by atoms with Crippen molar-refractivity contribution in [2.45, 2.75) is 26.2 Å². The van der Waals surface area contributed by atoms with Gasteiger partial charge in [-0.05, 0) is 56.4 Å². The molecule has 3 rings (SSSR count). The minimum absolute atomic E-state index is 0.168. The first kappa shape index (κ1) is 15.7. The van der Waals surface area contributed by atoms with Crippen LogP contribution in [0.4, 0.5) is 4.39 Å². The van der Waals surface area contributed by atoms with E-state index < -0.39 is 5.82 Å². The highest BCUT2D eigenvalue weighted by Crippen LogP contribution is 2.22. The third kappa shape index (κ3) is 3.76. The Morgan fingerprint density at radius 2 is 2.09 bits per heavy atom. The zero-order valence-corrected chi connectivity index (χ0v) is 13.3. The fourth-order valence-electron chi connectivity index (χ4n) is 3.23. The van der Waals surface area contributed by atoms with E-state index in [4.69, 9.17) is 0 Å². The molecule has 2 heterocycles. The average Bonchev–Trinajstić information content (AvgIpc) is 2.55. The van der Waals surface area contributed by atoms with Crippen LogP contribution in [0.5, 0.6) is 0 Å². The van der Waals surface area contributed by atoms with Crippen LogP contribution in [-0.2, 0) is 6.42 Å².